The van der Waals surface area contributed by atoms with Crippen molar-refractivity contribution in [2.24, 2.45) is 0 Å². The van der Waals surface area contributed by atoms with Gasteiger partial charge < -0.3 is 9.47 Å². The van der Waals surface area contributed by atoms with Crippen LogP contribution in [0.3, 0.4) is 0 Å². The zero-order valence-corrected chi connectivity index (χ0v) is 8.71. The first kappa shape index (κ1) is 11.0. The maximum absolute atomic E-state index is 12.9. The Morgan fingerprint density at radius 3 is 2.57 bits per heavy atom. The highest BCUT2D eigenvalue weighted by molar-refractivity contribution is 5.35. The van der Waals surface area contributed by atoms with E-state index in [0.29, 0.717) is 5.75 Å². The molecule has 2 nitrogen and oxygen atoms in total. The highest BCUT2D eigenvalue weighted by atomic mass is 19.1. The number of hydrogen-bond donors (Lipinski definition) is 0. The largest absolute Gasteiger partial charge is 0.496 e. The van der Waals surface area contributed by atoms with Crippen molar-refractivity contribution >= 4 is 0 Å². The van der Waals surface area contributed by atoms with Gasteiger partial charge >= 0.3 is 0 Å². The summed E-state index contributed by atoms with van der Waals surface area (Å²) in [4.78, 5) is 0. The first-order valence-corrected chi connectivity index (χ1v) is 4.59. The second kappa shape index (κ2) is 4.96. The van der Waals surface area contributed by atoms with E-state index in [1.54, 1.807) is 13.2 Å². The van der Waals surface area contributed by atoms with Crippen LogP contribution in [0.5, 0.6) is 5.75 Å². The molecule has 0 bridgehead atoms. The molecule has 3 heteroatoms. The van der Waals surface area contributed by atoms with E-state index < -0.39 is 0 Å². The van der Waals surface area contributed by atoms with E-state index in [1.165, 1.54) is 19.2 Å². The number of ether oxygens (including phenoxy) is 2. The average molecular weight is 198 g/mol. The van der Waals surface area contributed by atoms with Crippen LogP contribution in [0.2, 0.25) is 0 Å². The normalized spacial score (nSPS) is 12.6. The van der Waals surface area contributed by atoms with Crippen LogP contribution in [-0.2, 0) is 4.74 Å². The highest BCUT2D eigenvalue weighted by Gasteiger charge is 2.13. The minimum Gasteiger partial charge on any atom is -0.496 e. The second-order valence-corrected chi connectivity index (χ2v) is 3.02. The minimum absolute atomic E-state index is 0.0365. The van der Waals surface area contributed by atoms with E-state index in [4.69, 9.17) is 9.47 Å². The maximum Gasteiger partial charge on any atom is 0.127 e. The summed E-state index contributed by atoms with van der Waals surface area (Å²) in [6.07, 6.45) is 0.795. The van der Waals surface area contributed by atoms with E-state index in [0.717, 1.165) is 12.0 Å². The van der Waals surface area contributed by atoms with Crippen molar-refractivity contribution in [3.63, 3.8) is 0 Å². The zero-order chi connectivity index (χ0) is 10.6. The Hall–Kier alpha value is -1.09. The molecule has 0 aliphatic carbocycles. The third-order valence-corrected chi connectivity index (χ3v) is 2.20. The Morgan fingerprint density at radius 1 is 1.36 bits per heavy atom. The van der Waals surface area contributed by atoms with Crippen LogP contribution in [0.15, 0.2) is 18.2 Å². The average Bonchev–Trinajstić information content (AvgIpc) is 2.21. The molecule has 0 spiro atoms. The molecule has 0 N–H and O–H groups in total. The molecule has 0 aromatic heterocycles. The van der Waals surface area contributed by atoms with Crippen molar-refractivity contribution in [1.82, 2.24) is 0 Å². The molecule has 1 rings (SSSR count). The topological polar surface area (TPSA) is 18.5 Å². The molecule has 0 radical (unpaired) electrons. The van der Waals surface area contributed by atoms with Crippen LogP contribution in [-0.4, -0.2) is 14.2 Å². The summed E-state index contributed by atoms with van der Waals surface area (Å²) < 4.78 is 23.2. The number of benzene rings is 1. The molecular formula is C11H15FO2. The minimum atomic E-state index is -0.295. The van der Waals surface area contributed by atoms with Gasteiger partial charge in [0, 0.05) is 18.7 Å². The summed E-state index contributed by atoms with van der Waals surface area (Å²) in [5.41, 5.74) is 0.888. The van der Waals surface area contributed by atoms with Crippen molar-refractivity contribution in [3.05, 3.63) is 29.6 Å². The Morgan fingerprint density at radius 2 is 2.07 bits per heavy atom. The standard InChI is InChI=1S/C11H15FO2/c1-4-10(13-2)9-6-5-8(12)7-11(9)14-3/h5-7,10H,4H2,1-3H3. The maximum atomic E-state index is 12.9. The Balaban J connectivity index is 3.06. The number of halogens is 1. The summed E-state index contributed by atoms with van der Waals surface area (Å²) in [6, 6.07) is 4.49. The zero-order valence-electron chi connectivity index (χ0n) is 8.71. The second-order valence-electron chi connectivity index (χ2n) is 3.02. The van der Waals surface area contributed by atoms with Crippen LogP contribution in [0.4, 0.5) is 4.39 Å². The molecule has 0 amide bonds. The van der Waals surface area contributed by atoms with Gasteiger partial charge in [0.15, 0.2) is 0 Å². The molecule has 1 atom stereocenters. The van der Waals surface area contributed by atoms with Gasteiger partial charge in [-0.15, -0.1) is 0 Å². The Labute approximate surface area is 83.6 Å². The molecule has 1 aromatic carbocycles. The predicted molar refractivity (Wildman–Crippen MR) is 53.0 cm³/mol. The molecule has 0 heterocycles. The molecule has 0 aliphatic rings. The molecule has 14 heavy (non-hydrogen) atoms. The van der Waals surface area contributed by atoms with Gasteiger partial charge in [0.05, 0.1) is 13.2 Å². The van der Waals surface area contributed by atoms with Crippen LogP contribution in [0.25, 0.3) is 0 Å². The van der Waals surface area contributed by atoms with Gasteiger partial charge in [0.25, 0.3) is 0 Å². The van der Waals surface area contributed by atoms with Gasteiger partial charge in [-0.1, -0.05) is 6.92 Å². The lowest BCUT2D eigenvalue weighted by molar-refractivity contribution is 0.0975. The first-order chi connectivity index (χ1) is 6.72. The number of rotatable bonds is 4. The quantitative estimate of drug-likeness (QED) is 0.740. The van der Waals surface area contributed by atoms with Crippen LogP contribution in [0.1, 0.15) is 25.0 Å². The molecule has 0 aliphatic heterocycles. The van der Waals surface area contributed by atoms with Crippen molar-refractivity contribution in [2.75, 3.05) is 14.2 Å². The van der Waals surface area contributed by atoms with Gasteiger partial charge in [0.2, 0.25) is 0 Å². The van der Waals surface area contributed by atoms with Gasteiger partial charge in [-0.25, -0.2) is 4.39 Å². The summed E-state index contributed by atoms with van der Waals surface area (Å²) in [7, 11) is 3.16. The Kier molecular flexibility index (Phi) is 3.89. The summed E-state index contributed by atoms with van der Waals surface area (Å²) in [5, 5.41) is 0. The van der Waals surface area contributed by atoms with Crippen LogP contribution < -0.4 is 4.74 Å². The van der Waals surface area contributed by atoms with Gasteiger partial charge in [-0.3, -0.25) is 0 Å². The van der Waals surface area contributed by atoms with Crippen LogP contribution in [0, 0.1) is 5.82 Å². The van der Waals surface area contributed by atoms with E-state index in [-0.39, 0.29) is 11.9 Å². The molecular weight excluding hydrogens is 183 g/mol. The fourth-order valence-electron chi connectivity index (χ4n) is 1.46. The number of hydrogen-bond acceptors (Lipinski definition) is 2. The highest BCUT2D eigenvalue weighted by Crippen LogP contribution is 2.29. The van der Waals surface area contributed by atoms with Crippen molar-refractivity contribution in [3.8, 4) is 5.75 Å². The van der Waals surface area contributed by atoms with Crippen molar-refractivity contribution in [1.29, 1.82) is 0 Å². The predicted octanol–water partition coefficient (Wildman–Crippen LogP) is 2.93. The fraction of sp³-hybridized carbons (Fsp3) is 0.455. The molecule has 0 saturated heterocycles. The van der Waals surface area contributed by atoms with E-state index in [9.17, 15) is 4.39 Å². The molecule has 78 valence electrons. The molecule has 1 aromatic rings. The first-order valence-electron chi connectivity index (χ1n) is 4.59. The lowest BCUT2D eigenvalue weighted by Gasteiger charge is -2.16. The van der Waals surface area contributed by atoms with E-state index >= 15 is 0 Å². The third kappa shape index (κ3) is 2.23. The molecule has 0 fully saturated rings. The lowest BCUT2D eigenvalue weighted by Crippen LogP contribution is -2.02. The molecule has 0 saturated carbocycles. The van der Waals surface area contributed by atoms with Gasteiger partial charge in [0.1, 0.15) is 11.6 Å². The van der Waals surface area contributed by atoms with Gasteiger partial charge in [-0.05, 0) is 18.6 Å². The monoisotopic (exact) mass is 198 g/mol. The van der Waals surface area contributed by atoms with E-state index in [2.05, 4.69) is 0 Å². The SMILES string of the molecule is CCC(OC)c1ccc(F)cc1OC. The van der Waals surface area contributed by atoms with Crippen LogP contribution >= 0.6 is 0 Å². The fourth-order valence-corrected chi connectivity index (χ4v) is 1.46. The smallest absolute Gasteiger partial charge is 0.127 e. The van der Waals surface area contributed by atoms with Gasteiger partial charge in [-0.2, -0.15) is 0 Å². The number of methoxy groups -OCH3 is 2. The Bertz CT molecular complexity index is 295. The summed E-state index contributed by atoms with van der Waals surface area (Å²) in [5.74, 6) is 0.246. The van der Waals surface area contributed by atoms with Crippen molar-refractivity contribution < 1.29 is 13.9 Å². The molecule has 1 unspecified atom stereocenters. The summed E-state index contributed by atoms with van der Waals surface area (Å²) in [6.45, 7) is 2.01. The van der Waals surface area contributed by atoms with Crippen molar-refractivity contribution in [2.45, 2.75) is 19.4 Å². The summed E-state index contributed by atoms with van der Waals surface area (Å²) >= 11 is 0. The van der Waals surface area contributed by atoms with E-state index in [1.807, 2.05) is 6.92 Å². The lowest BCUT2D eigenvalue weighted by atomic mass is 10.1. The third-order valence-electron chi connectivity index (χ3n) is 2.20.